The molecule has 2 aromatic rings. The molecule has 0 saturated carbocycles. The van der Waals surface area contributed by atoms with Gasteiger partial charge in [-0.05, 0) is 48.0 Å². The first-order valence-electron chi connectivity index (χ1n) is 8.11. The molecule has 0 aromatic heterocycles. The van der Waals surface area contributed by atoms with Crippen LogP contribution in [0.25, 0.3) is 10.8 Å². The van der Waals surface area contributed by atoms with Gasteiger partial charge in [-0.3, -0.25) is 0 Å². The van der Waals surface area contributed by atoms with Gasteiger partial charge in [-0.15, -0.1) is 0 Å². The molecule has 132 valence electrons. The molecule has 5 heteroatoms. The number of phenols is 1. The van der Waals surface area contributed by atoms with Crippen LogP contribution in [0.5, 0.6) is 17.2 Å². The Morgan fingerprint density at radius 3 is 2.12 bits per heavy atom. The van der Waals surface area contributed by atoms with Gasteiger partial charge in [0.25, 0.3) is 0 Å². The van der Waals surface area contributed by atoms with Crippen LogP contribution in [0.15, 0.2) is 24.3 Å². The third-order valence-electron chi connectivity index (χ3n) is 4.92. The van der Waals surface area contributed by atoms with E-state index < -0.39 is 8.32 Å². The van der Waals surface area contributed by atoms with Gasteiger partial charge >= 0.3 is 0 Å². The van der Waals surface area contributed by atoms with Crippen molar-refractivity contribution >= 4 is 19.1 Å². The highest BCUT2D eigenvalue weighted by molar-refractivity contribution is 6.74. The second kappa shape index (κ2) is 6.65. The largest absolute Gasteiger partial charge is 0.507 e. The van der Waals surface area contributed by atoms with Crippen LogP contribution >= 0.6 is 0 Å². The fourth-order valence-electron chi connectivity index (χ4n) is 2.37. The second-order valence-electron chi connectivity index (χ2n) is 7.56. The van der Waals surface area contributed by atoms with Crippen LogP contribution in [-0.4, -0.2) is 27.6 Å². The highest BCUT2D eigenvalue weighted by atomic mass is 28.4. The normalized spacial score (nSPS) is 12.5. The summed E-state index contributed by atoms with van der Waals surface area (Å²) >= 11 is 0. The molecule has 0 aliphatic heterocycles. The first-order chi connectivity index (χ1) is 11.1. The molecule has 0 heterocycles. The molecule has 0 aliphatic rings. The van der Waals surface area contributed by atoms with Crippen molar-refractivity contribution in [2.75, 3.05) is 14.2 Å². The lowest BCUT2D eigenvalue weighted by Crippen LogP contribution is -2.40. The number of fused-ring (bicyclic) bond motifs is 1. The Kier molecular flexibility index (Phi) is 5.16. The predicted molar refractivity (Wildman–Crippen MR) is 101 cm³/mol. The number of aromatic hydroxyl groups is 1. The van der Waals surface area contributed by atoms with Gasteiger partial charge in [0.15, 0.2) is 8.32 Å². The summed E-state index contributed by atoms with van der Waals surface area (Å²) in [5, 5.41) is 12.1. The van der Waals surface area contributed by atoms with Crippen LogP contribution in [0.3, 0.4) is 0 Å². The molecule has 0 fully saturated rings. The molecule has 0 atom stereocenters. The van der Waals surface area contributed by atoms with Crippen molar-refractivity contribution in [1.82, 2.24) is 0 Å². The fourth-order valence-corrected chi connectivity index (χ4v) is 3.33. The van der Waals surface area contributed by atoms with E-state index in [-0.39, 0.29) is 10.8 Å². The Morgan fingerprint density at radius 1 is 1.00 bits per heavy atom. The average molecular weight is 349 g/mol. The van der Waals surface area contributed by atoms with Crippen molar-refractivity contribution in [2.45, 2.75) is 45.5 Å². The molecule has 0 radical (unpaired) electrons. The lowest BCUT2D eigenvalue weighted by molar-refractivity contribution is 0.276. The Balaban J connectivity index is 2.44. The minimum atomic E-state index is -1.85. The first kappa shape index (κ1) is 18.6. The summed E-state index contributed by atoms with van der Waals surface area (Å²) in [5.74, 6) is 1.51. The van der Waals surface area contributed by atoms with Crippen LogP contribution in [0.2, 0.25) is 18.1 Å². The van der Waals surface area contributed by atoms with Crippen LogP contribution < -0.4 is 9.47 Å². The zero-order chi connectivity index (χ0) is 18.1. The molecule has 0 saturated heterocycles. The van der Waals surface area contributed by atoms with Crippen LogP contribution in [0, 0.1) is 0 Å². The molecule has 0 unspecified atom stereocenters. The second-order valence-corrected chi connectivity index (χ2v) is 12.4. The number of rotatable bonds is 5. The number of ether oxygens (including phenoxy) is 2. The van der Waals surface area contributed by atoms with E-state index in [2.05, 4.69) is 33.9 Å². The van der Waals surface area contributed by atoms with E-state index in [1.807, 2.05) is 12.1 Å². The van der Waals surface area contributed by atoms with Crippen LogP contribution in [0.4, 0.5) is 0 Å². The Hall–Kier alpha value is -1.72. The summed E-state index contributed by atoms with van der Waals surface area (Å²) in [6.07, 6.45) is 0. The molecule has 1 N–H and O–H groups in total. The summed E-state index contributed by atoms with van der Waals surface area (Å²) in [7, 11) is 1.36. The van der Waals surface area contributed by atoms with Gasteiger partial charge in [0, 0.05) is 5.39 Å². The third-order valence-corrected chi connectivity index (χ3v) is 9.40. The molecule has 0 amide bonds. The quantitative estimate of drug-likeness (QED) is 0.765. The number of methoxy groups -OCH3 is 2. The van der Waals surface area contributed by atoms with Gasteiger partial charge in [0.05, 0.1) is 26.2 Å². The highest BCUT2D eigenvalue weighted by Gasteiger charge is 2.37. The molecular weight excluding hydrogens is 320 g/mol. The average Bonchev–Trinajstić information content (AvgIpc) is 2.50. The van der Waals surface area contributed by atoms with Gasteiger partial charge in [0.2, 0.25) is 0 Å². The molecule has 4 nitrogen and oxygen atoms in total. The van der Waals surface area contributed by atoms with Crippen LogP contribution in [0.1, 0.15) is 26.3 Å². The van der Waals surface area contributed by atoms with E-state index in [4.69, 9.17) is 13.9 Å². The molecule has 0 aliphatic carbocycles. The summed E-state index contributed by atoms with van der Waals surface area (Å²) in [6, 6.07) is 7.40. The summed E-state index contributed by atoms with van der Waals surface area (Å²) in [5.41, 5.74) is 0.927. The minimum Gasteiger partial charge on any atom is -0.507 e. The van der Waals surface area contributed by atoms with Crippen molar-refractivity contribution in [3.8, 4) is 17.2 Å². The van der Waals surface area contributed by atoms with E-state index in [1.165, 1.54) is 0 Å². The molecule has 2 aromatic carbocycles. The topological polar surface area (TPSA) is 47.9 Å². The highest BCUT2D eigenvalue weighted by Crippen LogP contribution is 2.41. The summed E-state index contributed by atoms with van der Waals surface area (Å²) in [4.78, 5) is 0. The first-order valence-corrected chi connectivity index (χ1v) is 11.0. The Morgan fingerprint density at radius 2 is 1.58 bits per heavy atom. The Bertz CT molecular complexity index is 732. The van der Waals surface area contributed by atoms with E-state index in [0.717, 1.165) is 10.9 Å². The fraction of sp³-hybridized carbons (Fsp3) is 0.474. The number of hydrogen-bond donors (Lipinski definition) is 1. The smallest absolute Gasteiger partial charge is 0.192 e. The van der Waals surface area contributed by atoms with Crippen molar-refractivity contribution in [1.29, 1.82) is 0 Å². The van der Waals surface area contributed by atoms with E-state index in [9.17, 15) is 5.11 Å². The molecular formula is C19H28O4Si. The van der Waals surface area contributed by atoms with Crippen molar-refractivity contribution in [3.63, 3.8) is 0 Å². The van der Waals surface area contributed by atoms with Crippen molar-refractivity contribution < 1.29 is 19.0 Å². The lowest BCUT2D eigenvalue weighted by Gasteiger charge is -2.36. The molecule has 0 spiro atoms. The predicted octanol–water partition coefficient (Wildman–Crippen LogP) is 5.08. The van der Waals surface area contributed by atoms with Crippen molar-refractivity contribution in [3.05, 3.63) is 29.8 Å². The van der Waals surface area contributed by atoms with E-state index in [1.54, 1.807) is 26.4 Å². The molecule has 2 rings (SSSR count). The minimum absolute atomic E-state index is 0.146. The maximum absolute atomic E-state index is 10.5. The maximum atomic E-state index is 10.5. The summed E-state index contributed by atoms with van der Waals surface area (Å²) < 4.78 is 17.1. The zero-order valence-electron chi connectivity index (χ0n) is 15.7. The standard InChI is InChI=1S/C19H28O4Si/c1-19(2,3)24(6,7)23-12-13-10-14-16(21-4)8-9-17(22-5)18(14)15(20)11-13/h8-11,20H,12H2,1-7H3. The number of benzene rings is 2. The lowest BCUT2D eigenvalue weighted by atomic mass is 10.0. The van der Waals surface area contributed by atoms with E-state index in [0.29, 0.717) is 23.5 Å². The van der Waals surface area contributed by atoms with Gasteiger partial charge in [-0.1, -0.05) is 20.8 Å². The zero-order valence-corrected chi connectivity index (χ0v) is 16.7. The van der Waals surface area contributed by atoms with Gasteiger partial charge in [-0.25, -0.2) is 0 Å². The molecule has 0 bridgehead atoms. The maximum Gasteiger partial charge on any atom is 0.192 e. The SMILES string of the molecule is COc1ccc(OC)c2c(O)cc(CO[Si](C)(C)C(C)(C)C)cc12. The van der Waals surface area contributed by atoms with Gasteiger partial charge in [-0.2, -0.15) is 0 Å². The Labute approximate surface area is 145 Å². The van der Waals surface area contributed by atoms with Gasteiger partial charge in [0.1, 0.15) is 17.2 Å². The number of phenolic OH excluding ortho intramolecular Hbond substituents is 1. The number of hydrogen-bond acceptors (Lipinski definition) is 4. The van der Waals surface area contributed by atoms with Crippen molar-refractivity contribution in [2.24, 2.45) is 0 Å². The van der Waals surface area contributed by atoms with Crippen LogP contribution in [-0.2, 0) is 11.0 Å². The van der Waals surface area contributed by atoms with Gasteiger partial charge < -0.3 is 19.0 Å². The van der Waals surface area contributed by atoms with E-state index >= 15 is 0 Å². The monoisotopic (exact) mass is 348 g/mol. The third kappa shape index (κ3) is 3.52. The summed E-state index contributed by atoms with van der Waals surface area (Å²) in [6.45, 7) is 11.6. The molecule has 24 heavy (non-hydrogen) atoms.